The van der Waals surface area contributed by atoms with Crippen LogP contribution in [0, 0.1) is 5.92 Å². The largest absolute Gasteiger partial charge is 0.342 e. The Kier molecular flexibility index (Phi) is 4.72. The molecule has 1 unspecified atom stereocenters. The van der Waals surface area contributed by atoms with Crippen LogP contribution in [0.3, 0.4) is 0 Å². The number of likely N-dealkylation sites (tertiary alicyclic amines) is 1. The van der Waals surface area contributed by atoms with Gasteiger partial charge in [0.15, 0.2) is 0 Å². The van der Waals surface area contributed by atoms with Crippen LogP contribution >= 0.6 is 0 Å². The molecular weight excluding hydrogens is 316 g/mol. The van der Waals surface area contributed by atoms with Gasteiger partial charge in [-0.2, -0.15) is 5.10 Å². The van der Waals surface area contributed by atoms with Crippen LogP contribution in [0.5, 0.6) is 0 Å². The third-order valence-electron chi connectivity index (χ3n) is 4.82. The number of primary sulfonamides is 1. The standard InChI is InChI=1S/C15H24N4O3S/c16-23(21,22)10-11-7-8-19(9-11)15(20)6-5-14-12-3-1-2-4-13(12)17-18-14/h11H,1-10H2,(H,17,18)(H2,16,21,22). The Labute approximate surface area is 136 Å². The zero-order chi connectivity index (χ0) is 16.4. The molecule has 0 saturated carbocycles. The molecule has 1 aromatic heterocycles. The topological polar surface area (TPSA) is 109 Å². The Morgan fingerprint density at radius 2 is 2.13 bits per heavy atom. The summed E-state index contributed by atoms with van der Waals surface area (Å²) in [5, 5.41) is 12.5. The maximum Gasteiger partial charge on any atom is 0.222 e. The number of carbonyl (C=O) groups excluding carboxylic acids is 1. The smallest absolute Gasteiger partial charge is 0.222 e. The molecule has 7 nitrogen and oxygen atoms in total. The summed E-state index contributed by atoms with van der Waals surface area (Å²) in [6, 6.07) is 0. The maximum absolute atomic E-state index is 12.3. The number of nitrogens with zero attached hydrogens (tertiary/aromatic N) is 2. The van der Waals surface area contributed by atoms with Crippen LogP contribution in [0.2, 0.25) is 0 Å². The molecule has 1 atom stereocenters. The van der Waals surface area contributed by atoms with Crippen LogP contribution in [0.25, 0.3) is 0 Å². The van der Waals surface area contributed by atoms with Crippen molar-refractivity contribution < 1.29 is 13.2 Å². The van der Waals surface area contributed by atoms with Crippen molar-refractivity contribution in [1.82, 2.24) is 15.1 Å². The fraction of sp³-hybridized carbons (Fsp3) is 0.733. The number of carbonyl (C=O) groups is 1. The van der Waals surface area contributed by atoms with Crippen molar-refractivity contribution in [2.45, 2.75) is 44.9 Å². The van der Waals surface area contributed by atoms with Gasteiger partial charge in [0, 0.05) is 31.6 Å². The fourth-order valence-electron chi connectivity index (χ4n) is 3.66. The van der Waals surface area contributed by atoms with Crippen molar-refractivity contribution in [2.75, 3.05) is 18.8 Å². The molecule has 1 amide bonds. The monoisotopic (exact) mass is 340 g/mol. The number of hydrogen-bond acceptors (Lipinski definition) is 4. The van der Waals surface area contributed by atoms with E-state index in [4.69, 9.17) is 5.14 Å². The number of nitrogens with one attached hydrogen (secondary N) is 1. The first-order chi connectivity index (χ1) is 10.9. The lowest BCUT2D eigenvalue weighted by molar-refractivity contribution is -0.130. The minimum atomic E-state index is -3.47. The van der Waals surface area contributed by atoms with Crippen LogP contribution < -0.4 is 5.14 Å². The number of nitrogens with two attached hydrogens (primary N) is 1. The van der Waals surface area contributed by atoms with Crippen molar-refractivity contribution in [3.63, 3.8) is 0 Å². The highest BCUT2D eigenvalue weighted by molar-refractivity contribution is 7.89. The van der Waals surface area contributed by atoms with Gasteiger partial charge in [0.1, 0.15) is 0 Å². The summed E-state index contributed by atoms with van der Waals surface area (Å²) < 4.78 is 22.3. The Morgan fingerprint density at radius 1 is 1.35 bits per heavy atom. The zero-order valence-electron chi connectivity index (χ0n) is 13.3. The predicted molar refractivity (Wildman–Crippen MR) is 86.2 cm³/mol. The summed E-state index contributed by atoms with van der Waals surface area (Å²) in [5.41, 5.74) is 3.55. The van der Waals surface area contributed by atoms with Gasteiger partial charge in [-0.05, 0) is 43.6 Å². The Bertz CT molecular complexity index is 683. The lowest BCUT2D eigenvalue weighted by Crippen LogP contribution is -2.31. The molecule has 2 heterocycles. The molecule has 23 heavy (non-hydrogen) atoms. The summed E-state index contributed by atoms with van der Waals surface area (Å²) in [7, 11) is -3.47. The number of H-pyrrole nitrogens is 1. The fourth-order valence-corrected chi connectivity index (χ4v) is 4.59. The van der Waals surface area contributed by atoms with E-state index < -0.39 is 10.0 Å². The normalized spacial score (nSPS) is 21.4. The second kappa shape index (κ2) is 6.60. The van der Waals surface area contributed by atoms with Gasteiger partial charge in [-0.15, -0.1) is 0 Å². The zero-order valence-corrected chi connectivity index (χ0v) is 14.1. The number of amides is 1. The molecule has 3 N–H and O–H groups in total. The summed E-state index contributed by atoms with van der Waals surface area (Å²) in [6.07, 6.45) is 6.29. The van der Waals surface area contributed by atoms with Crippen LogP contribution in [0.15, 0.2) is 0 Å². The van der Waals surface area contributed by atoms with Gasteiger partial charge in [0.25, 0.3) is 0 Å². The van der Waals surface area contributed by atoms with Gasteiger partial charge in [-0.25, -0.2) is 13.6 Å². The molecule has 128 valence electrons. The molecule has 1 fully saturated rings. The molecule has 0 radical (unpaired) electrons. The number of rotatable bonds is 5. The predicted octanol–water partition coefficient (Wildman–Crippen LogP) is 0.358. The highest BCUT2D eigenvalue weighted by atomic mass is 32.2. The average Bonchev–Trinajstić information content (AvgIpc) is 3.10. The van der Waals surface area contributed by atoms with Crippen molar-refractivity contribution in [1.29, 1.82) is 0 Å². The lowest BCUT2D eigenvalue weighted by Gasteiger charge is -2.16. The number of aromatic nitrogens is 2. The number of sulfonamides is 1. The van der Waals surface area contributed by atoms with Gasteiger partial charge in [0.2, 0.25) is 15.9 Å². The van der Waals surface area contributed by atoms with Crippen molar-refractivity contribution in [3.05, 3.63) is 17.0 Å². The first-order valence-electron chi connectivity index (χ1n) is 8.25. The van der Waals surface area contributed by atoms with E-state index in [0.717, 1.165) is 18.5 Å². The second-order valence-corrected chi connectivity index (χ2v) is 8.32. The number of fused-ring (bicyclic) bond motifs is 1. The highest BCUT2D eigenvalue weighted by Crippen LogP contribution is 2.24. The van der Waals surface area contributed by atoms with E-state index in [2.05, 4.69) is 10.2 Å². The first-order valence-corrected chi connectivity index (χ1v) is 9.97. The van der Waals surface area contributed by atoms with Gasteiger partial charge < -0.3 is 4.90 Å². The summed E-state index contributed by atoms with van der Waals surface area (Å²) >= 11 is 0. The first kappa shape index (κ1) is 16.4. The van der Waals surface area contributed by atoms with Gasteiger partial charge in [0.05, 0.1) is 11.4 Å². The Balaban J connectivity index is 1.51. The van der Waals surface area contributed by atoms with Crippen LogP contribution in [0.4, 0.5) is 0 Å². The lowest BCUT2D eigenvalue weighted by atomic mass is 9.94. The van der Waals surface area contributed by atoms with E-state index in [1.165, 1.54) is 24.1 Å². The molecule has 1 aromatic rings. The number of aryl methyl sites for hydroxylation is 2. The molecule has 3 rings (SSSR count). The molecule has 1 saturated heterocycles. The minimum absolute atomic E-state index is 0.0351. The summed E-state index contributed by atoms with van der Waals surface area (Å²) in [6.45, 7) is 1.12. The van der Waals surface area contributed by atoms with Crippen molar-refractivity contribution in [2.24, 2.45) is 11.1 Å². The van der Waals surface area contributed by atoms with Crippen LogP contribution in [0.1, 0.15) is 42.6 Å². The van der Waals surface area contributed by atoms with E-state index in [1.807, 2.05) is 0 Å². The number of hydrogen-bond donors (Lipinski definition) is 2. The van der Waals surface area contributed by atoms with Crippen LogP contribution in [-0.2, 0) is 34.1 Å². The number of aromatic amines is 1. The SMILES string of the molecule is NS(=O)(=O)CC1CCN(C(=O)CCc2n[nH]c3c2CCCC3)C1. The quantitative estimate of drug-likeness (QED) is 0.806. The van der Waals surface area contributed by atoms with Gasteiger partial charge in [-0.1, -0.05) is 0 Å². The third kappa shape index (κ3) is 4.11. The maximum atomic E-state index is 12.3. The summed E-state index contributed by atoms with van der Waals surface area (Å²) in [4.78, 5) is 14.1. The Morgan fingerprint density at radius 3 is 2.91 bits per heavy atom. The van der Waals surface area contributed by atoms with Crippen molar-refractivity contribution >= 4 is 15.9 Å². The van der Waals surface area contributed by atoms with Gasteiger partial charge in [-0.3, -0.25) is 9.89 Å². The van der Waals surface area contributed by atoms with Crippen LogP contribution in [-0.4, -0.2) is 48.3 Å². The molecule has 0 spiro atoms. The molecule has 2 aliphatic rings. The van der Waals surface area contributed by atoms with E-state index in [9.17, 15) is 13.2 Å². The average molecular weight is 340 g/mol. The van der Waals surface area contributed by atoms with E-state index >= 15 is 0 Å². The van der Waals surface area contributed by atoms with E-state index in [0.29, 0.717) is 32.4 Å². The van der Waals surface area contributed by atoms with Gasteiger partial charge >= 0.3 is 0 Å². The second-order valence-electron chi connectivity index (χ2n) is 6.66. The molecule has 0 aromatic carbocycles. The molecule has 8 heteroatoms. The van der Waals surface area contributed by atoms with E-state index in [1.54, 1.807) is 4.90 Å². The Hall–Kier alpha value is -1.41. The summed E-state index contributed by atoms with van der Waals surface area (Å²) in [5.74, 6) is 0.00508. The molecular formula is C15H24N4O3S. The highest BCUT2D eigenvalue weighted by Gasteiger charge is 2.28. The molecule has 1 aliphatic heterocycles. The third-order valence-corrected chi connectivity index (χ3v) is 5.76. The van der Waals surface area contributed by atoms with Crippen molar-refractivity contribution in [3.8, 4) is 0 Å². The minimum Gasteiger partial charge on any atom is -0.342 e. The van der Waals surface area contributed by atoms with E-state index in [-0.39, 0.29) is 17.6 Å². The molecule has 0 bridgehead atoms. The molecule has 1 aliphatic carbocycles.